The topological polar surface area (TPSA) is 54.9 Å². The number of carbonyl (C=O) groups excluding carboxylic acids is 1. The summed E-state index contributed by atoms with van der Waals surface area (Å²) in [5.74, 6) is -0.778. The molecule has 4 nitrogen and oxygen atoms in total. The number of nitrogens with zero attached hydrogens (tertiary/aromatic N) is 2. The molecule has 82 valence electrons. The molecule has 0 fully saturated rings. The Kier molecular flexibility index (Phi) is 3.28. The second-order valence-electron chi connectivity index (χ2n) is 3.55. The summed E-state index contributed by atoms with van der Waals surface area (Å²) in [5.41, 5.74) is -1.75. The average Bonchev–Trinajstić information content (AvgIpc) is 2.18. The van der Waals surface area contributed by atoms with Gasteiger partial charge in [-0.1, -0.05) is 0 Å². The predicted octanol–water partition coefficient (Wildman–Crippen LogP) is 1.71. The van der Waals surface area contributed by atoms with Gasteiger partial charge in [-0.3, -0.25) is 10.1 Å². The van der Waals surface area contributed by atoms with Gasteiger partial charge < -0.3 is 0 Å². The van der Waals surface area contributed by atoms with Gasteiger partial charge >= 0.3 is 0 Å². The van der Waals surface area contributed by atoms with E-state index in [1.807, 2.05) is 0 Å². The van der Waals surface area contributed by atoms with Crippen LogP contribution in [0.15, 0.2) is 18.5 Å². The van der Waals surface area contributed by atoms with Crippen molar-refractivity contribution < 1.29 is 13.6 Å². The fraction of sp³-hybridized carbons (Fsp3) is 0.444. The van der Waals surface area contributed by atoms with Gasteiger partial charge in [-0.25, -0.2) is 18.7 Å². The molecule has 0 saturated carbocycles. The van der Waals surface area contributed by atoms with Gasteiger partial charge in [-0.2, -0.15) is 0 Å². The number of aromatic nitrogens is 2. The molecule has 0 aromatic carbocycles. The first-order chi connectivity index (χ1) is 6.94. The second-order valence-corrected chi connectivity index (χ2v) is 3.55. The van der Waals surface area contributed by atoms with Crippen LogP contribution in [0.2, 0.25) is 0 Å². The number of amides is 1. The van der Waals surface area contributed by atoms with Crippen molar-refractivity contribution in [3.8, 4) is 0 Å². The normalized spacial score (nSPS) is 11.5. The Bertz CT molecular complexity index is 340. The van der Waals surface area contributed by atoms with Crippen molar-refractivity contribution in [1.29, 1.82) is 0 Å². The van der Waals surface area contributed by atoms with Gasteiger partial charge in [0.1, 0.15) is 5.41 Å². The van der Waals surface area contributed by atoms with Gasteiger partial charge in [0.05, 0.1) is 0 Å². The van der Waals surface area contributed by atoms with Crippen molar-refractivity contribution >= 4 is 11.9 Å². The van der Waals surface area contributed by atoms with E-state index in [4.69, 9.17) is 0 Å². The van der Waals surface area contributed by atoms with Crippen LogP contribution in [-0.2, 0) is 4.79 Å². The highest BCUT2D eigenvalue weighted by Crippen LogP contribution is 2.25. The lowest BCUT2D eigenvalue weighted by Gasteiger charge is -2.21. The molecule has 0 aliphatic heterocycles. The lowest BCUT2D eigenvalue weighted by molar-refractivity contribution is -0.131. The average molecular weight is 215 g/mol. The second kappa shape index (κ2) is 4.29. The highest BCUT2D eigenvalue weighted by atomic mass is 19.3. The van der Waals surface area contributed by atoms with Crippen LogP contribution in [0.25, 0.3) is 0 Å². The van der Waals surface area contributed by atoms with Crippen molar-refractivity contribution in [3.05, 3.63) is 18.5 Å². The molecule has 0 bridgehead atoms. The van der Waals surface area contributed by atoms with Crippen molar-refractivity contribution in [2.24, 2.45) is 5.41 Å². The zero-order valence-corrected chi connectivity index (χ0v) is 8.37. The molecule has 6 heteroatoms. The van der Waals surface area contributed by atoms with E-state index >= 15 is 0 Å². The van der Waals surface area contributed by atoms with Crippen LogP contribution in [-0.4, -0.2) is 22.3 Å². The van der Waals surface area contributed by atoms with Crippen molar-refractivity contribution in [1.82, 2.24) is 9.97 Å². The SMILES string of the molecule is CC(C)(C(=O)Nc1ncccn1)C(F)F. The minimum atomic E-state index is -2.73. The molecule has 1 aromatic heterocycles. The molecule has 0 aliphatic carbocycles. The van der Waals surface area contributed by atoms with E-state index in [0.29, 0.717) is 0 Å². The Morgan fingerprint density at radius 3 is 2.40 bits per heavy atom. The van der Waals surface area contributed by atoms with Crippen LogP contribution in [0.5, 0.6) is 0 Å². The monoisotopic (exact) mass is 215 g/mol. The Morgan fingerprint density at radius 2 is 1.93 bits per heavy atom. The fourth-order valence-corrected chi connectivity index (χ4v) is 0.725. The maximum absolute atomic E-state index is 12.5. The van der Waals surface area contributed by atoms with Crippen LogP contribution in [0, 0.1) is 5.41 Å². The summed E-state index contributed by atoms with van der Waals surface area (Å²) >= 11 is 0. The van der Waals surface area contributed by atoms with E-state index in [0.717, 1.165) is 13.8 Å². The van der Waals surface area contributed by atoms with E-state index in [-0.39, 0.29) is 5.95 Å². The third-order valence-electron chi connectivity index (χ3n) is 1.92. The highest BCUT2D eigenvalue weighted by molar-refractivity contribution is 5.93. The number of hydrogen-bond donors (Lipinski definition) is 1. The first-order valence-electron chi connectivity index (χ1n) is 4.31. The third kappa shape index (κ3) is 2.68. The largest absolute Gasteiger partial charge is 0.294 e. The lowest BCUT2D eigenvalue weighted by Crippen LogP contribution is -2.37. The summed E-state index contributed by atoms with van der Waals surface area (Å²) in [6.45, 7) is 2.33. The maximum atomic E-state index is 12.5. The summed E-state index contributed by atoms with van der Waals surface area (Å²) in [5, 5.41) is 2.22. The summed E-state index contributed by atoms with van der Waals surface area (Å²) in [7, 11) is 0. The Morgan fingerprint density at radius 1 is 1.40 bits per heavy atom. The van der Waals surface area contributed by atoms with Crippen LogP contribution < -0.4 is 5.32 Å². The standard InChI is InChI=1S/C9H11F2N3O/c1-9(2,6(10)11)7(15)14-8-12-4-3-5-13-8/h3-6H,1-2H3,(H,12,13,14,15). The number of halogens is 2. The zero-order valence-electron chi connectivity index (χ0n) is 8.37. The van der Waals surface area contributed by atoms with Gasteiger partial charge in [-0.15, -0.1) is 0 Å². The van der Waals surface area contributed by atoms with Crippen molar-refractivity contribution in [2.75, 3.05) is 5.32 Å². The van der Waals surface area contributed by atoms with E-state index in [1.54, 1.807) is 6.07 Å². The summed E-state index contributed by atoms with van der Waals surface area (Å²) in [6, 6.07) is 1.56. The molecule has 1 amide bonds. The first-order valence-corrected chi connectivity index (χ1v) is 4.31. The minimum Gasteiger partial charge on any atom is -0.294 e. The zero-order chi connectivity index (χ0) is 11.5. The Labute approximate surface area is 85.7 Å². The number of rotatable bonds is 3. The number of hydrogen-bond acceptors (Lipinski definition) is 3. The molecule has 1 heterocycles. The molecule has 0 atom stereocenters. The highest BCUT2D eigenvalue weighted by Gasteiger charge is 2.37. The van der Waals surface area contributed by atoms with Crippen LogP contribution >= 0.6 is 0 Å². The lowest BCUT2D eigenvalue weighted by atomic mass is 9.93. The van der Waals surface area contributed by atoms with Crippen LogP contribution in [0.3, 0.4) is 0 Å². The number of anilines is 1. The van der Waals surface area contributed by atoms with Gasteiger partial charge in [-0.05, 0) is 19.9 Å². The van der Waals surface area contributed by atoms with E-state index < -0.39 is 17.7 Å². The summed E-state index contributed by atoms with van der Waals surface area (Å²) < 4.78 is 24.9. The van der Waals surface area contributed by atoms with E-state index in [1.165, 1.54) is 12.4 Å². The molecule has 0 unspecified atom stereocenters. The fourth-order valence-electron chi connectivity index (χ4n) is 0.725. The molecule has 1 rings (SSSR count). The Hall–Kier alpha value is -1.59. The van der Waals surface area contributed by atoms with Crippen molar-refractivity contribution in [3.63, 3.8) is 0 Å². The summed E-state index contributed by atoms with van der Waals surface area (Å²) in [4.78, 5) is 18.8. The number of nitrogens with one attached hydrogen (secondary N) is 1. The van der Waals surface area contributed by atoms with E-state index in [2.05, 4.69) is 15.3 Å². The molecule has 0 spiro atoms. The minimum absolute atomic E-state index is 0.0243. The van der Waals surface area contributed by atoms with Crippen LogP contribution in [0.1, 0.15) is 13.8 Å². The molecule has 0 radical (unpaired) electrons. The number of carbonyl (C=O) groups is 1. The van der Waals surface area contributed by atoms with Crippen LogP contribution in [0.4, 0.5) is 14.7 Å². The molecule has 1 aromatic rings. The quantitative estimate of drug-likeness (QED) is 0.835. The molecule has 15 heavy (non-hydrogen) atoms. The molecule has 0 aliphatic rings. The summed E-state index contributed by atoms with van der Waals surface area (Å²) in [6.07, 6.45) is 0.0944. The van der Waals surface area contributed by atoms with Gasteiger partial charge in [0.25, 0.3) is 6.43 Å². The van der Waals surface area contributed by atoms with Crippen molar-refractivity contribution in [2.45, 2.75) is 20.3 Å². The molecule has 1 N–H and O–H groups in total. The van der Waals surface area contributed by atoms with Gasteiger partial charge in [0.2, 0.25) is 11.9 Å². The smallest absolute Gasteiger partial charge is 0.252 e. The third-order valence-corrected chi connectivity index (χ3v) is 1.92. The van der Waals surface area contributed by atoms with Gasteiger partial charge in [0, 0.05) is 12.4 Å². The molecule has 0 saturated heterocycles. The molecular formula is C9H11F2N3O. The molecular weight excluding hydrogens is 204 g/mol. The van der Waals surface area contributed by atoms with E-state index in [9.17, 15) is 13.6 Å². The first kappa shape index (κ1) is 11.5. The Balaban J connectivity index is 2.72. The number of alkyl halides is 2. The maximum Gasteiger partial charge on any atom is 0.252 e. The van der Waals surface area contributed by atoms with Gasteiger partial charge in [0.15, 0.2) is 0 Å². The predicted molar refractivity (Wildman–Crippen MR) is 50.4 cm³/mol.